The minimum absolute atomic E-state index is 0.154. The number of primary amides is 1. The molecule has 0 spiro atoms. The number of halogens is 1. The van der Waals surface area contributed by atoms with Gasteiger partial charge in [0.05, 0.1) is 0 Å². The number of amides is 3. The fraction of sp³-hybridized carbons (Fsp3) is 0.185. The molecule has 1 fully saturated rings. The maximum Gasteiger partial charge on any atom is 0.323 e. The summed E-state index contributed by atoms with van der Waals surface area (Å²) < 4.78 is 0. The molecule has 0 saturated carbocycles. The summed E-state index contributed by atoms with van der Waals surface area (Å²) in [6, 6.07) is 22.2. The van der Waals surface area contributed by atoms with Crippen LogP contribution in [0.1, 0.15) is 15.9 Å². The first-order chi connectivity index (χ1) is 18.2. The molecule has 1 aliphatic rings. The number of carbonyl (C=O) groups is 3. The zero-order valence-corrected chi connectivity index (χ0v) is 21.3. The predicted octanol–water partition coefficient (Wildman–Crippen LogP) is 3.24. The van der Waals surface area contributed by atoms with E-state index in [-0.39, 0.29) is 17.4 Å². The summed E-state index contributed by atoms with van der Waals surface area (Å²) in [5.74, 6) is -1.73. The summed E-state index contributed by atoms with van der Waals surface area (Å²) in [6.07, 6.45) is 0. The summed E-state index contributed by atoms with van der Waals surface area (Å²) in [4.78, 5) is 39.6. The Kier molecular flexibility index (Phi) is 9.66. The first-order valence-corrected chi connectivity index (χ1v) is 12.1. The van der Waals surface area contributed by atoms with E-state index in [9.17, 15) is 14.4 Å². The Morgan fingerprint density at radius 1 is 0.868 bits per heavy atom. The van der Waals surface area contributed by atoms with Crippen LogP contribution in [-0.2, 0) is 4.79 Å². The SMILES string of the molecule is N=C(N)c1cccc(C(=O)N(CC(=O)O)c2ccccc2)c1.NC(=O)N1CCN(c2cccc(Cl)c2)CC1. The van der Waals surface area contributed by atoms with Crippen LogP contribution in [0, 0.1) is 5.41 Å². The van der Waals surface area contributed by atoms with Gasteiger partial charge in [-0.15, -0.1) is 0 Å². The summed E-state index contributed by atoms with van der Waals surface area (Å²) in [6.45, 7) is 2.48. The number of para-hydroxylation sites is 1. The van der Waals surface area contributed by atoms with Crippen LogP contribution < -0.4 is 21.3 Å². The average molecular weight is 537 g/mol. The number of carbonyl (C=O) groups excluding carboxylic acids is 2. The zero-order chi connectivity index (χ0) is 27.7. The molecule has 10 nitrogen and oxygen atoms in total. The molecule has 0 aliphatic carbocycles. The van der Waals surface area contributed by atoms with Crippen molar-refractivity contribution in [3.8, 4) is 0 Å². The summed E-state index contributed by atoms with van der Waals surface area (Å²) in [5.41, 5.74) is 12.9. The lowest BCUT2D eigenvalue weighted by atomic mass is 10.1. The van der Waals surface area contributed by atoms with Gasteiger partial charge in [-0.2, -0.15) is 0 Å². The standard InChI is InChI=1S/C16H15N3O3.C11H14ClN3O/c17-15(18)11-5-4-6-12(9-11)16(22)19(10-14(20)21)13-7-2-1-3-8-13;12-9-2-1-3-10(8-9)14-4-6-15(7-5-14)11(13)16/h1-9H,10H2,(H3,17,18)(H,20,21);1-3,8H,4-7H2,(H2,13,16). The molecule has 0 atom stereocenters. The molecule has 6 N–H and O–H groups in total. The smallest absolute Gasteiger partial charge is 0.323 e. The largest absolute Gasteiger partial charge is 0.480 e. The Morgan fingerprint density at radius 2 is 1.50 bits per heavy atom. The lowest BCUT2D eigenvalue weighted by Gasteiger charge is -2.35. The second kappa shape index (κ2) is 13.1. The van der Waals surface area contributed by atoms with Crippen molar-refractivity contribution in [1.82, 2.24) is 4.90 Å². The molecule has 0 aromatic heterocycles. The zero-order valence-electron chi connectivity index (χ0n) is 20.6. The van der Waals surface area contributed by atoms with E-state index in [2.05, 4.69) is 4.90 Å². The highest BCUT2D eigenvalue weighted by Gasteiger charge is 2.21. The van der Waals surface area contributed by atoms with Crippen molar-refractivity contribution in [3.63, 3.8) is 0 Å². The topological polar surface area (TPSA) is 157 Å². The predicted molar refractivity (Wildman–Crippen MR) is 148 cm³/mol. The van der Waals surface area contributed by atoms with E-state index in [1.54, 1.807) is 53.4 Å². The number of rotatable bonds is 6. The number of urea groups is 1. The third-order valence-electron chi connectivity index (χ3n) is 5.79. The van der Waals surface area contributed by atoms with Gasteiger partial charge < -0.3 is 26.4 Å². The van der Waals surface area contributed by atoms with Crippen LogP contribution in [0.4, 0.5) is 16.2 Å². The third kappa shape index (κ3) is 7.71. The number of anilines is 2. The molecule has 0 unspecified atom stereocenters. The van der Waals surface area contributed by atoms with Gasteiger partial charge in [0, 0.05) is 53.7 Å². The van der Waals surface area contributed by atoms with Gasteiger partial charge in [-0.3, -0.25) is 19.9 Å². The van der Waals surface area contributed by atoms with Crippen LogP contribution in [0.5, 0.6) is 0 Å². The number of carboxylic acids is 1. The molecular weight excluding hydrogens is 508 g/mol. The first-order valence-electron chi connectivity index (χ1n) is 11.7. The van der Waals surface area contributed by atoms with Crippen LogP contribution in [0.3, 0.4) is 0 Å². The van der Waals surface area contributed by atoms with Crippen LogP contribution in [0.2, 0.25) is 5.02 Å². The number of amidine groups is 1. The quantitative estimate of drug-likeness (QED) is 0.280. The molecule has 4 rings (SSSR count). The van der Waals surface area contributed by atoms with Crippen LogP contribution in [0.25, 0.3) is 0 Å². The molecule has 38 heavy (non-hydrogen) atoms. The van der Waals surface area contributed by atoms with Crippen molar-refractivity contribution in [2.24, 2.45) is 11.5 Å². The molecule has 3 amide bonds. The third-order valence-corrected chi connectivity index (χ3v) is 6.03. The minimum atomic E-state index is -1.11. The van der Waals surface area contributed by atoms with Gasteiger partial charge in [0.15, 0.2) is 0 Å². The van der Waals surface area contributed by atoms with Gasteiger partial charge in [0.1, 0.15) is 12.4 Å². The number of nitrogens with two attached hydrogens (primary N) is 2. The summed E-state index contributed by atoms with van der Waals surface area (Å²) in [5, 5.41) is 17.2. The van der Waals surface area contributed by atoms with Crippen molar-refractivity contribution >= 4 is 46.7 Å². The van der Waals surface area contributed by atoms with Gasteiger partial charge >= 0.3 is 12.0 Å². The van der Waals surface area contributed by atoms with Crippen LogP contribution >= 0.6 is 11.6 Å². The van der Waals surface area contributed by atoms with E-state index in [0.717, 1.165) is 23.8 Å². The van der Waals surface area contributed by atoms with Gasteiger partial charge in [-0.05, 0) is 42.5 Å². The average Bonchev–Trinajstić information content (AvgIpc) is 2.92. The highest BCUT2D eigenvalue weighted by Crippen LogP contribution is 2.21. The van der Waals surface area contributed by atoms with E-state index in [1.807, 2.05) is 24.3 Å². The lowest BCUT2D eigenvalue weighted by molar-refractivity contribution is -0.135. The molecule has 1 heterocycles. The maximum absolute atomic E-state index is 12.6. The van der Waals surface area contributed by atoms with E-state index in [4.69, 9.17) is 33.6 Å². The number of nitrogens with one attached hydrogen (secondary N) is 1. The van der Waals surface area contributed by atoms with Crippen molar-refractivity contribution in [1.29, 1.82) is 5.41 Å². The number of carboxylic acid groups (broad SMARTS) is 1. The first kappa shape index (κ1) is 28.0. The van der Waals surface area contributed by atoms with E-state index in [0.29, 0.717) is 24.3 Å². The Labute approximate surface area is 225 Å². The molecule has 0 radical (unpaired) electrons. The fourth-order valence-corrected chi connectivity index (χ4v) is 4.04. The van der Waals surface area contributed by atoms with Crippen molar-refractivity contribution < 1.29 is 19.5 Å². The minimum Gasteiger partial charge on any atom is -0.480 e. The summed E-state index contributed by atoms with van der Waals surface area (Å²) in [7, 11) is 0. The lowest BCUT2D eigenvalue weighted by Crippen LogP contribution is -2.50. The highest BCUT2D eigenvalue weighted by molar-refractivity contribution is 6.30. The van der Waals surface area contributed by atoms with E-state index < -0.39 is 18.4 Å². The number of nitrogens with zero attached hydrogens (tertiary/aromatic N) is 3. The van der Waals surface area contributed by atoms with Gasteiger partial charge in [0.2, 0.25) is 0 Å². The number of benzene rings is 3. The maximum atomic E-state index is 12.6. The molecule has 1 saturated heterocycles. The molecule has 198 valence electrons. The number of hydrogen-bond donors (Lipinski definition) is 4. The normalized spacial score (nSPS) is 12.7. The molecular formula is C27H29ClN6O4. The van der Waals surface area contributed by atoms with Crippen LogP contribution in [-0.4, -0.2) is 66.5 Å². The second-order valence-electron chi connectivity index (χ2n) is 8.41. The van der Waals surface area contributed by atoms with Crippen molar-refractivity contribution in [3.05, 3.63) is 95.0 Å². The Bertz CT molecular complexity index is 1300. The van der Waals surface area contributed by atoms with Gasteiger partial charge in [-0.25, -0.2) is 4.79 Å². The Morgan fingerprint density at radius 3 is 2.08 bits per heavy atom. The van der Waals surface area contributed by atoms with Crippen molar-refractivity contribution in [2.45, 2.75) is 0 Å². The molecule has 3 aromatic carbocycles. The number of aliphatic carboxylic acids is 1. The number of hydrogen-bond acceptors (Lipinski definition) is 5. The second-order valence-corrected chi connectivity index (χ2v) is 8.84. The fourth-order valence-electron chi connectivity index (χ4n) is 3.86. The number of nitrogen functional groups attached to an aromatic ring is 1. The number of piperazine rings is 1. The summed E-state index contributed by atoms with van der Waals surface area (Å²) >= 11 is 5.93. The van der Waals surface area contributed by atoms with Gasteiger partial charge in [0.25, 0.3) is 5.91 Å². The van der Waals surface area contributed by atoms with E-state index >= 15 is 0 Å². The van der Waals surface area contributed by atoms with E-state index in [1.165, 1.54) is 11.0 Å². The molecule has 1 aliphatic heterocycles. The Hall–Kier alpha value is -4.57. The van der Waals surface area contributed by atoms with Crippen LogP contribution in [0.15, 0.2) is 78.9 Å². The van der Waals surface area contributed by atoms with Gasteiger partial charge in [-0.1, -0.05) is 48.0 Å². The molecule has 3 aromatic rings. The van der Waals surface area contributed by atoms with Crippen molar-refractivity contribution in [2.75, 3.05) is 42.5 Å². The monoisotopic (exact) mass is 536 g/mol. The Balaban J connectivity index is 0.000000221. The molecule has 11 heteroatoms. The molecule has 0 bridgehead atoms. The highest BCUT2D eigenvalue weighted by atomic mass is 35.5.